The van der Waals surface area contributed by atoms with Gasteiger partial charge in [0.2, 0.25) is 11.8 Å². The maximum atomic E-state index is 14.0. The lowest BCUT2D eigenvalue weighted by Gasteiger charge is -2.47. The molecule has 0 bridgehead atoms. The van der Waals surface area contributed by atoms with E-state index >= 15 is 0 Å². The van der Waals surface area contributed by atoms with Crippen LogP contribution < -0.4 is 10.6 Å². The van der Waals surface area contributed by atoms with Gasteiger partial charge in [0.25, 0.3) is 0 Å². The monoisotopic (exact) mass is 846 g/mol. The van der Waals surface area contributed by atoms with E-state index in [4.69, 9.17) is 9.47 Å². The van der Waals surface area contributed by atoms with Crippen LogP contribution in [0, 0.1) is 0 Å². The SMILES string of the molecule is CCCCCCCCCCCCCCCCCCN(C(=O)CCCCCCCCCCCCC)[C@@H]1O[C@H](CO)[C@@H](O)[C@H](O)[C@H]1NC(=O)[C@H](C)NC(=O)OCc1ccccc1. The van der Waals surface area contributed by atoms with E-state index in [0.29, 0.717) is 13.0 Å². The van der Waals surface area contributed by atoms with Gasteiger partial charge >= 0.3 is 6.09 Å². The molecular weight excluding hydrogens is 759 g/mol. The predicted octanol–water partition coefficient (Wildman–Crippen LogP) is 10.0. The van der Waals surface area contributed by atoms with Crippen LogP contribution >= 0.6 is 0 Å². The number of nitrogens with one attached hydrogen (secondary N) is 2. The quantitative estimate of drug-likeness (QED) is 0.0418. The Balaban J connectivity index is 1.96. The van der Waals surface area contributed by atoms with Gasteiger partial charge in [-0.25, -0.2) is 4.79 Å². The molecule has 1 aliphatic heterocycles. The van der Waals surface area contributed by atoms with E-state index in [1.807, 2.05) is 30.3 Å². The summed E-state index contributed by atoms with van der Waals surface area (Å²) in [6.45, 7) is 5.80. The molecule has 0 radical (unpaired) electrons. The predicted molar refractivity (Wildman–Crippen MR) is 241 cm³/mol. The molecule has 3 amide bonds. The van der Waals surface area contributed by atoms with E-state index in [-0.39, 0.29) is 12.5 Å². The van der Waals surface area contributed by atoms with Crippen molar-refractivity contribution in [3.05, 3.63) is 35.9 Å². The maximum absolute atomic E-state index is 14.0. The molecule has 6 atom stereocenters. The summed E-state index contributed by atoms with van der Waals surface area (Å²) < 4.78 is 11.5. The lowest BCUT2D eigenvalue weighted by Crippen LogP contribution is -2.69. The number of carbonyl (C=O) groups excluding carboxylic acids is 3. The number of hydrogen-bond donors (Lipinski definition) is 5. The fraction of sp³-hybridized carbons (Fsp3) is 0.816. The van der Waals surface area contributed by atoms with Crippen molar-refractivity contribution in [3.8, 4) is 0 Å². The molecule has 2 rings (SSSR count). The van der Waals surface area contributed by atoms with Gasteiger partial charge in [-0.15, -0.1) is 0 Å². The molecule has 1 saturated heterocycles. The summed E-state index contributed by atoms with van der Waals surface area (Å²) >= 11 is 0. The molecule has 0 saturated carbocycles. The summed E-state index contributed by atoms with van der Waals surface area (Å²) in [5.74, 6) is -0.786. The highest BCUT2D eigenvalue weighted by atomic mass is 16.6. The number of aliphatic hydroxyl groups excluding tert-OH is 3. The number of aliphatic hydroxyl groups is 3. The molecule has 5 N–H and O–H groups in total. The van der Waals surface area contributed by atoms with Gasteiger partial charge < -0.3 is 40.3 Å². The van der Waals surface area contributed by atoms with Gasteiger partial charge in [-0.3, -0.25) is 9.59 Å². The topological polar surface area (TPSA) is 158 Å². The average Bonchev–Trinajstić information content (AvgIpc) is 3.25. The van der Waals surface area contributed by atoms with Crippen LogP contribution in [0.4, 0.5) is 4.79 Å². The van der Waals surface area contributed by atoms with Crippen LogP contribution in [-0.2, 0) is 25.7 Å². The molecule has 0 unspecified atom stereocenters. The standard InChI is InChI=1S/C49H87N3O8/c1-4-6-8-10-12-14-16-17-18-19-20-22-24-26-28-33-37-52(43(54)36-32-27-25-23-21-15-13-11-9-7-5-2)48-44(46(56)45(55)42(38-53)60-48)51-47(57)40(3)50-49(58)59-39-41-34-30-29-31-35-41/h29-31,34-35,40,42,44-46,48,53,55-56H,4-28,32-33,36-39H2,1-3H3,(H,50,58)(H,51,57)/t40-,42+,44+,45+,46+,48+/m0/s1. The van der Waals surface area contributed by atoms with Crippen molar-refractivity contribution >= 4 is 17.9 Å². The largest absolute Gasteiger partial charge is 0.445 e. The van der Waals surface area contributed by atoms with Crippen LogP contribution in [-0.4, -0.2) is 87.9 Å². The van der Waals surface area contributed by atoms with E-state index in [2.05, 4.69) is 24.5 Å². The minimum absolute atomic E-state index is 0.0303. The number of unbranched alkanes of at least 4 members (excludes halogenated alkanes) is 25. The van der Waals surface area contributed by atoms with Crippen LogP contribution in [0.1, 0.15) is 206 Å². The zero-order chi connectivity index (χ0) is 43.6. The average molecular weight is 846 g/mol. The molecule has 0 aromatic heterocycles. The molecule has 0 spiro atoms. The second-order valence-electron chi connectivity index (χ2n) is 17.4. The van der Waals surface area contributed by atoms with Crippen molar-refractivity contribution in [2.24, 2.45) is 0 Å². The highest BCUT2D eigenvalue weighted by molar-refractivity contribution is 5.85. The van der Waals surface area contributed by atoms with Crippen molar-refractivity contribution in [1.82, 2.24) is 15.5 Å². The van der Waals surface area contributed by atoms with Gasteiger partial charge in [0.15, 0.2) is 6.23 Å². The summed E-state index contributed by atoms with van der Waals surface area (Å²) in [6.07, 6.45) is 26.7. The van der Waals surface area contributed by atoms with Crippen LogP contribution in [0.25, 0.3) is 0 Å². The van der Waals surface area contributed by atoms with Crippen molar-refractivity contribution in [2.75, 3.05) is 13.2 Å². The molecule has 1 aliphatic rings. The molecule has 1 heterocycles. The highest BCUT2D eigenvalue weighted by Gasteiger charge is 2.48. The van der Waals surface area contributed by atoms with Crippen molar-refractivity contribution in [2.45, 2.75) is 244 Å². The third-order valence-corrected chi connectivity index (χ3v) is 12.0. The Hall–Kier alpha value is -2.73. The number of rotatable bonds is 36. The molecule has 60 heavy (non-hydrogen) atoms. The van der Waals surface area contributed by atoms with Gasteiger partial charge in [0.1, 0.15) is 37.0 Å². The van der Waals surface area contributed by atoms with E-state index in [1.165, 1.54) is 129 Å². The van der Waals surface area contributed by atoms with E-state index in [1.54, 1.807) is 4.90 Å². The molecule has 1 aromatic carbocycles. The Morgan fingerprint density at radius 1 is 0.667 bits per heavy atom. The molecule has 11 heteroatoms. The molecule has 0 aliphatic carbocycles. The molecular formula is C49H87N3O8. The molecule has 11 nitrogen and oxygen atoms in total. The summed E-state index contributed by atoms with van der Waals surface area (Å²) in [5.41, 5.74) is 0.796. The zero-order valence-electron chi connectivity index (χ0n) is 38.1. The first-order valence-electron chi connectivity index (χ1n) is 24.4. The number of amides is 3. The summed E-state index contributed by atoms with van der Waals surface area (Å²) in [4.78, 5) is 41.7. The number of ether oxygens (including phenoxy) is 2. The minimum Gasteiger partial charge on any atom is -0.445 e. The van der Waals surface area contributed by atoms with Crippen LogP contribution in [0.5, 0.6) is 0 Å². The maximum Gasteiger partial charge on any atom is 0.408 e. The van der Waals surface area contributed by atoms with Crippen LogP contribution in [0.15, 0.2) is 30.3 Å². The number of carbonyl (C=O) groups is 3. The van der Waals surface area contributed by atoms with Gasteiger partial charge in [-0.1, -0.05) is 205 Å². The molecule has 1 aromatic rings. The van der Waals surface area contributed by atoms with Gasteiger partial charge in [-0.05, 0) is 25.3 Å². The van der Waals surface area contributed by atoms with E-state index in [9.17, 15) is 29.7 Å². The van der Waals surface area contributed by atoms with E-state index in [0.717, 1.165) is 56.9 Å². The second-order valence-corrected chi connectivity index (χ2v) is 17.4. The highest BCUT2D eigenvalue weighted by Crippen LogP contribution is 2.26. The first kappa shape index (κ1) is 53.4. The van der Waals surface area contributed by atoms with E-state index < -0.39 is 55.2 Å². The Kier molecular flexibility index (Phi) is 31.0. The van der Waals surface area contributed by atoms with Crippen LogP contribution in [0.3, 0.4) is 0 Å². The minimum atomic E-state index is -1.54. The first-order chi connectivity index (χ1) is 29.2. The summed E-state index contributed by atoms with van der Waals surface area (Å²) in [5, 5.41) is 37.6. The third kappa shape index (κ3) is 23.5. The first-order valence-corrected chi connectivity index (χ1v) is 24.4. The lowest BCUT2D eigenvalue weighted by atomic mass is 9.94. The Bertz CT molecular complexity index is 1220. The normalized spacial score (nSPS) is 19.5. The molecule has 1 fully saturated rings. The van der Waals surface area contributed by atoms with Crippen molar-refractivity contribution in [3.63, 3.8) is 0 Å². The van der Waals surface area contributed by atoms with Gasteiger partial charge in [0.05, 0.1) is 6.61 Å². The van der Waals surface area contributed by atoms with Gasteiger partial charge in [0, 0.05) is 13.0 Å². The van der Waals surface area contributed by atoms with Crippen molar-refractivity contribution in [1.29, 1.82) is 0 Å². The Labute approximate surface area is 364 Å². The zero-order valence-corrected chi connectivity index (χ0v) is 38.1. The smallest absolute Gasteiger partial charge is 0.408 e. The Morgan fingerprint density at radius 3 is 1.58 bits per heavy atom. The fourth-order valence-electron chi connectivity index (χ4n) is 8.12. The van der Waals surface area contributed by atoms with Crippen molar-refractivity contribution < 1.29 is 39.2 Å². The van der Waals surface area contributed by atoms with Gasteiger partial charge in [-0.2, -0.15) is 0 Å². The summed E-state index contributed by atoms with van der Waals surface area (Å²) in [6, 6.07) is 6.91. The summed E-state index contributed by atoms with van der Waals surface area (Å²) in [7, 11) is 0. The molecule has 346 valence electrons. The lowest BCUT2D eigenvalue weighted by molar-refractivity contribution is -0.231. The number of benzene rings is 1. The second kappa shape index (κ2) is 34.8. The number of alkyl carbamates (subject to hydrolysis) is 1. The van der Waals surface area contributed by atoms with Crippen LogP contribution in [0.2, 0.25) is 0 Å². The fourth-order valence-corrected chi connectivity index (χ4v) is 8.12. The Morgan fingerprint density at radius 2 is 1.12 bits per heavy atom. The number of nitrogens with zero attached hydrogens (tertiary/aromatic N) is 1. The third-order valence-electron chi connectivity index (χ3n) is 12.0. The number of hydrogen-bond acceptors (Lipinski definition) is 8.